The lowest BCUT2D eigenvalue weighted by atomic mass is 10.2. The second-order valence-electron chi connectivity index (χ2n) is 3.75. The summed E-state index contributed by atoms with van der Waals surface area (Å²) in [4.78, 5) is 1.20. The number of nitrogen functional groups attached to an aromatic ring is 1. The molecule has 0 radical (unpaired) electrons. The predicted octanol–water partition coefficient (Wildman–Crippen LogP) is 2.88. The van der Waals surface area contributed by atoms with Crippen LogP contribution in [0, 0.1) is 0 Å². The summed E-state index contributed by atoms with van der Waals surface area (Å²) in [5, 5.41) is 4.08. The average Bonchev–Trinajstić information content (AvgIpc) is 2.25. The average molecular weight is 287 g/mol. The molecular weight excluding hydrogens is 272 g/mol. The third-order valence-corrected chi connectivity index (χ3v) is 4.46. The van der Waals surface area contributed by atoms with Crippen LogP contribution in [0.2, 0.25) is 0 Å². The van der Waals surface area contributed by atoms with Gasteiger partial charge in [-0.25, -0.2) is 0 Å². The molecule has 0 saturated carbocycles. The molecule has 0 atom stereocenters. The summed E-state index contributed by atoms with van der Waals surface area (Å²) in [5.74, 6) is 0. The molecule has 82 valence electrons. The largest absolute Gasteiger partial charge is 0.398 e. The summed E-state index contributed by atoms with van der Waals surface area (Å²) in [6, 6.07) is 6.07. The number of rotatable bonds is 2. The van der Waals surface area contributed by atoms with Gasteiger partial charge in [-0.2, -0.15) is 0 Å². The lowest BCUT2D eigenvalue weighted by Crippen LogP contribution is -2.29. The monoisotopic (exact) mass is 286 g/mol. The van der Waals surface area contributed by atoms with Crippen LogP contribution in [0.15, 0.2) is 27.6 Å². The Kier molecular flexibility index (Phi) is 3.94. The molecule has 0 aliphatic carbocycles. The van der Waals surface area contributed by atoms with E-state index in [1.165, 1.54) is 17.7 Å². The molecule has 0 bridgehead atoms. The molecule has 1 fully saturated rings. The van der Waals surface area contributed by atoms with E-state index in [9.17, 15) is 0 Å². The molecule has 2 rings (SSSR count). The molecule has 4 heteroatoms. The van der Waals surface area contributed by atoms with E-state index in [1.807, 2.05) is 23.9 Å². The summed E-state index contributed by atoms with van der Waals surface area (Å²) < 4.78 is 1.10. The van der Waals surface area contributed by atoms with E-state index in [2.05, 4.69) is 27.3 Å². The summed E-state index contributed by atoms with van der Waals surface area (Å²) >= 11 is 5.39. The van der Waals surface area contributed by atoms with Crippen molar-refractivity contribution in [2.75, 3.05) is 18.8 Å². The minimum atomic E-state index is 0.711. The highest BCUT2D eigenvalue weighted by Gasteiger charge is 2.15. The molecule has 2 nitrogen and oxygen atoms in total. The normalized spacial score (nSPS) is 17.9. The van der Waals surface area contributed by atoms with Crippen LogP contribution in [0.5, 0.6) is 0 Å². The molecule has 1 saturated heterocycles. The molecule has 1 aromatic carbocycles. The number of nitrogens with two attached hydrogens (primary N) is 1. The van der Waals surface area contributed by atoms with Crippen LogP contribution in [-0.2, 0) is 0 Å². The van der Waals surface area contributed by atoms with Gasteiger partial charge in [-0.1, -0.05) is 15.9 Å². The second kappa shape index (κ2) is 5.23. The first-order valence-corrected chi connectivity index (χ1v) is 6.85. The molecule has 0 aromatic heterocycles. The Hall–Kier alpha value is -0.190. The van der Waals surface area contributed by atoms with Crippen molar-refractivity contribution in [1.82, 2.24) is 5.32 Å². The Balaban J connectivity index is 2.05. The lowest BCUT2D eigenvalue weighted by Gasteiger charge is -2.22. The van der Waals surface area contributed by atoms with Gasteiger partial charge < -0.3 is 11.1 Å². The number of piperidine rings is 1. The zero-order valence-electron chi connectivity index (χ0n) is 8.50. The van der Waals surface area contributed by atoms with Crippen LogP contribution in [0.25, 0.3) is 0 Å². The van der Waals surface area contributed by atoms with E-state index in [0.717, 1.165) is 23.2 Å². The highest BCUT2D eigenvalue weighted by Crippen LogP contribution is 2.34. The van der Waals surface area contributed by atoms with Crippen LogP contribution in [0.4, 0.5) is 5.69 Å². The number of hydrogen-bond donors (Lipinski definition) is 2. The second-order valence-corrected chi connectivity index (χ2v) is 6.01. The van der Waals surface area contributed by atoms with Crippen molar-refractivity contribution in [3.8, 4) is 0 Å². The summed E-state index contributed by atoms with van der Waals surface area (Å²) in [6.45, 7) is 2.26. The highest BCUT2D eigenvalue weighted by atomic mass is 79.9. The summed E-state index contributed by atoms with van der Waals surface area (Å²) in [5.41, 5.74) is 6.84. The third-order valence-electron chi connectivity index (χ3n) is 2.56. The van der Waals surface area contributed by atoms with Gasteiger partial charge in [0.05, 0.1) is 0 Å². The first-order valence-electron chi connectivity index (χ1n) is 5.18. The maximum absolute atomic E-state index is 5.95. The van der Waals surface area contributed by atoms with E-state index >= 15 is 0 Å². The summed E-state index contributed by atoms with van der Waals surface area (Å²) in [6.07, 6.45) is 2.47. The Morgan fingerprint density at radius 3 is 2.80 bits per heavy atom. The fourth-order valence-electron chi connectivity index (χ4n) is 1.70. The molecule has 1 aliphatic heterocycles. The van der Waals surface area contributed by atoms with Gasteiger partial charge in [0.1, 0.15) is 0 Å². The maximum atomic E-state index is 5.95. The van der Waals surface area contributed by atoms with Crippen molar-refractivity contribution in [2.45, 2.75) is 23.0 Å². The molecule has 3 N–H and O–H groups in total. The zero-order valence-corrected chi connectivity index (χ0v) is 10.9. The standard InChI is InChI=1S/C11H15BrN2S/c12-8-1-2-10(13)11(7-8)15-9-3-5-14-6-4-9/h1-2,7,9,14H,3-6,13H2. The zero-order chi connectivity index (χ0) is 10.7. The Labute approximate surface area is 103 Å². The fraction of sp³-hybridized carbons (Fsp3) is 0.455. The number of anilines is 1. The van der Waals surface area contributed by atoms with Gasteiger partial charge in [-0.05, 0) is 44.1 Å². The van der Waals surface area contributed by atoms with Gasteiger partial charge in [0, 0.05) is 20.3 Å². The Morgan fingerprint density at radius 1 is 1.33 bits per heavy atom. The SMILES string of the molecule is Nc1ccc(Br)cc1SC1CCNCC1. The van der Waals surface area contributed by atoms with Crippen molar-refractivity contribution in [1.29, 1.82) is 0 Å². The fourth-order valence-corrected chi connectivity index (χ4v) is 3.45. The van der Waals surface area contributed by atoms with Gasteiger partial charge in [-0.3, -0.25) is 0 Å². The minimum Gasteiger partial charge on any atom is -0.398 e. The van der Waals surface area contributed by atoms with Crippen LogP contribution in [0.1, 0.15) is 12.8 Å². The predicted molar refractivity (Wildman–Crippen MR) is 70.3 cm³/mol. The van der Waals surface area contributed by atoms with E-state index in [1.54, 1.807) is 0 Å². The Bertz CT molecular complexity index is 337. The van der Waals surface area contributed by atoms with Gasteiger partial charge in [0.15, 0.2) is 0 Å². The van der Waals surface area contributed by atoms with Gasteiger partial charge in [0.25, 0.3) is 0 Å². The lowest BCUT2D eigenvalue weighted by molar-refractivity contribution is 0.531. The van der Waals surface area contributed by atoms with Crippen LogP contribution in [-0.4, -0.2) is 18.3 Å². The third kappa shape index (κ3) is 3.13. The van der Waals surface area contributed by atoms with Crippen LogP contribution >= 0.6 is 27.7 Å². The quantitative estimate of drug-likeness (QED) is 0.821. The molecular formula is C11H15BrN2S. The van der Waals surface area contributed by atoms with Crippen molar-refractivity contribution in [2.24, 2.45) is 0 Å². The minimum absolute atomic E-state index is 0.711. The van der Waals surface area contributed by atoms with E-state index in [-0.39, 0.29) is 0 Å². The van der Waals surface area contributed by atoms with Crippen molar-refractivity contribution in [3.05, 3.63) is 22.7 Å². The van der Waals surface area contributed by atoms with Crippen molar-refractivity contribution < 1.29 is 0 Å². The number of hydrogen-bond acceptors (Lipinski definition) is 3. The highest BCUT2D eigenvalue weighted by molar-refractivity contribution is 9.10. The number of nitrogens with one attached hydrogen (secondary N) is 1. The molecule has 0 unspecified atom stereocenters. The van der Waals surface area contributed by atoms with Crippen molar-refractivity contribution in [3.63, 3.8) is 0 Å². The maximum Gasteiger partial charge on any atom is 0.0453 e. The molecule has 1 heterocycles. The van der Waals surface area contributed by atoms with Gasteiger partial charge >= 0.3 is 0 Å². The number of thioether (sulfide) groups is 1. The molecule has 0 amide bonds. The summed E-state index contributed by atoms with van der Waals surface area (Å²) in [7, 11) is 0. The van der Waals surface area contributed by atoms with Crippen molar-refractivity contribution >= 4 is 33.4 Å². The number of halogens is 1. The molecule has 1 aromatic rings. The van der Waals surface area contributed by atoms with E-state index in [4.69, 9.17) is 5.73 Å². The molecule has 15 heavy (non-hydrogen) atoms. The first-order chi connectivity index (χ1) is 7.25. The van der Waals surface area contributed by atoms with Gasteiger partial charge in [-0.15, -0.1) is 11.8 Å². The first kappa shape index (κ1) is 11.3. The van der Waals surface area contributed by atoms with Crippen LogP contribution in [0.3, 0.4) is 0 Å². The van der Waals surface area contributed by atoms with E-state index < -0.39 is 0 Å². The molecule has 0 spiro atoms. The topological polar surface area (TPSA) is 38.0 Å². The van der Waals surface area contributed by atoms with Crippen LogP contribution < -0.4 is 11.1 Å². The Morgan fingerprint density at radius 2 is 2.07 bits per heavy atom. The van der Waals surface area contributed by atoms with Gasteiger partial charge in [0.2, 0.25) is 0 Å². The smallest absolute Gasteiger partial charge is 0.0453 e. The molecule has 1 aliphatic rings. The number of benzene rings is 1. The van der Waals surface area contributed by atoms with E-state index in [0.29, 0.717) is 5.25 Å².